The molecular formula is C32H50O2. The zero-order valence-corrected chi connectivity index (χ0v) is 23.5. The molecule has 2 heteroatoms. The predicted molar refractivity (Wildman–Crippen MR) is 142 cm³/mol. The average Bonchev–Trinajstić information content (AvgIpc) is 3.01. The van der Waals surface area contributed by atoms with Crippen molar-refractivity contribution < 1.29 is 9.53 Å². The highest BCUT2D eigenvalue weighted by Gasteiger charge is 2.63. The molecule has 4 rings (SSSR count). The van der Waals surface area contributed by atoms with Crippen LogP contribution in [-0.4, -0.2) is 12.1 Å². The summed E-state index contributed by atoms with van der Waals surface area (Å²) in [5, 5.41) is 0. The van der Waals surface area contributed by atoms with Crippen molar-refractivity contribution in [3.05, 3.63) is 34.9 Å². The van der Waals surface area contributed by atoms with Crippen LogP contribution in [-0.2, 0) is 9.53 Å². The van der Waals surface area contributed by atoms with Gasteiger partial charge in [0, 0.05) is 12.3 Å². The van der Waals surface area contributed by atoms with E-state index in [0.717, 1.165) is 31.1 Å². The van der Waals surface area contributed by atoms with Gasteiger partial charge in [-0.3, -0.25) is 4.79 Å². The fourth-order valence-electron chi connectivity index (χ4n) is 9.18. The second-order valence-corrected chi connectivity index (χ2v) is 13.8. The number of carbonyl (C=O) groups is 1. The fourth-order valence-corrected chi connectivity index (χ4v) is 9.18. The van der Waals surface area contributed by atoms with E-state index in [9.17, 15) is 4.79 Å². The second-order valence-electron chi connectivity index (χ2n) is 13.8. The van der Waals surface area contributed by atoms with E-state index in [2.05, 4.69) is 73.6 Å². The Morgan fingerprint density at radius 2 is 1.76 bits per heavy atom. The number of hydrogen-bond donors (Lipinski definition) is 0. The normalized spacial score (nSPS) is 41.3. The highest BCUT2D eigenvalue weighted by atomic mass is 16.5. The van der Waals surface area contributed by atoms with E-state index < -0.39 is 0 Å². The van der Waals surface area contributed by atoms with Crippen molar-refractivity contribution in [1.82, 2.24) is 0 Å². The zero-order chi connectivity index (χ0) is 25.1. The topological polar surface area (TPSA) is 26.3 Å². The lowest BCUT2D eigenvalue weighted by Gasteiger charge is -2.61. The number of carbonyl (C=O) groups excluding carboxylic acids is 1. The first kappa shape index (κ1) is 25.8. The lowest BCUT2D eigenvalue weighted by molar-refractivity contribution is -0.165. The minimum Gasteiger partial charge on any atom is -0.462 e. The fraction of sp³-hybridized carbons (Fsp3) is 0.781. The summed E-state index contributed by atoms with van der Waals surface area (Å²) in [6.07, 6.45) is 17.4. The average molecular weight is 467 g/mol. The standard InChI is InChI=1S/C32H50O2/c1-21(2)11-10-12-22(3)24-15-19-32(9)26-13-14-27-29(5,6)28(34-23(4)33)17-18-30(27,7)25(26)16-20-31(24,32)8/h11,13,16,22,24,27-28H,10,12,14-15,17-20H2,1-9H3/t22-,24-,27-,28-,30+,31-,32+/m0/s1. The van der Waals surface area contributed by atoms with E-state index in [1.165, 1.54) is 37.7 Å². The van der Waals surface area contributed by atoms with Crippen LogP contribution in [0.25, 0.3) is 0 Å². The van der Waals surface area contributed by atoms with Crippen LogP contribution in [0.2, 0.25) is 0 Å². The summed E-state index contributed by atoms with van der Waals surface area (Å²) in [6.45, 7) is 21.0. The van der Waals surface area contributed by atoms with Crippen molar-refractivity contribution in [1.29, 1.82) is 0 Å². The summed E-state index contributed by atoms with van der Waals surface area (Å²) in [6, 6.07) is 0. The molecule has 0 spiro atoms. The first-order chi connectivity index (χ1) is 15.8. The molecule has 4 aliphatic rings. The third kappa shape index (κ3) is 3.77. The molecule has 0 heterocycles. The molecule has 0 aliphatic heterocycles. The van der Waals surface area contributed by atoms with Gasteiger partial charge in [-0.2, -0.15) is 0 Å². The maximum absolute atomic E-state index is 11.8. The molecule has 7 atom stereocenters. The van der Waals surface area contributed by atoms with Crippen molar-refractivity contribution in [3.8, 4) is 0 Å². The van der Waals surface area contributed by atoms with Gasteiger partial charge in [-0.15, -0.1) is 0 Å². The van der Waals surface area contributed by atoms with E-state index >= 15 is 0 Å². The van der Waals surface area contributed by atoms with Crippen LogP contribution in [0.5, 0.6) is 0 Å². The summed E-state index contributed by atoms with van der Waals surface area (Å²) in [5.74, 6) is 1.94. The van der Waals surface area contributed by atoms with Gasteiger partial charge < -0.3 is 4.74 Å². The highest BCUT2D eigenvalue weighted by molar-refractivity contribution is 5.66. The smallest absolute Gasteiger partial charge is 0.302 e. The summed E-state index contributed by atoms with van der Waals surface area (Å²) >= 11 is 0. The maximum atomic E-state index is 11.8. The van der Waals surface area contributed by atoms with Crippen LogP contribution in [0, 0.1) is 39.4 Å². The van der Waals surface area contributed by atoms with E-state index in [1.54, 1.807) is 18.1 Å². The minimum atomic E-state index is -0.135. The lowest BCUT2D eigenvalue weighted by atomic mass is 9.44. The van der Waals surface area contributed by atoms with Gasteiger partial charge in [0.1, 0.15) is 6.10 Å². The molecule has 0 radical (unpaired) electrons. The largest absolute Gasteiger partial charge is 0.462 e. The molecule has 4 aliphatic carbocycles. The van der Waals surface area contributed by atoms with Crippen LogP contribution < -0.4 is 0 Å². The summed E-state index contributed by atoms with van der Waals surface area (Å²) in [4.78, 5) is 11.8. The Balaban J connectivity index is 1.64. The zero-order valence-electron chi connectivity index (χ0n) is 23.5. The first-order valence-corrected chi connectivity index (χ1v) is 14.0. The number of esters is 1. The van der Waals surface area contributed by atoms with Gasteiger partial charge in [0.2, 0.25) is 0 Å². The number of hydrogen-bond acceptors (Lipinski definition) is 2. The number of rotatable bonds is 5. The molecular weight excluding hydrogens is 416 g/mol. The minimum absolute atomic E-state index is 0.0130. The number of fused-ring (bicyclic) bond motifs is 5. The highest BCUT2D eigenvalue weighted by Crippen LogP contribution is 2.71. The van der Waals surface area contributed by atoms with Gasteiger partial charge in [0.15, 0.2) is 0 Å². The van der Waals surface area contributed by atoms with Crippen molar-refractivity contribution >= 4 is 5.97 Å². The Kier molecular flexibility index (Phi) is 6.57. The van der Waals surface area contributed by atoms with Crippen molar-refractivity contribution in [2.75, 3.05) is 0 Å². The Labute approximate surface area is 209 Å². The first-order valence-electron chi connectivity index (χ1n) is 14.0. The Morgan fingerprint density at radius 3 is 2.41 bits per heavy atom. The van der Waals surface area contributed by atoms with Crippen molar-refractivity contribution in [3.63, 3.8) is 0 Å². The van der Waals surface area contributed by atoms with Crippen LogP contribution >= 0.6 is 0 Å². The lowest BCUT2D eigenvalue weighted by Crippen LogP contribution is -2.55. The van der Waals surface area contributed by atoms with Crippen LogP contribution in [0.4, 0.5) is 0 Å². The van der Waals surface area contributed by atoms with Crippen molar-refractivity contribution in [2.24, 2.45) is 39.4 Å². The van der Waals surface area contributed by atoms with Gasteiger partial charge in [0.05, 0.1) is 0 Å². The quantitative estimate of drug-likeness (QED) is 0.299. The Morgan fingerprint density at radius 1 is 1.06 bits per heavy atom. The van der Waals surface area contributed by atoms with E-state index in [4.69, 9.17) is 4.74 Å². The van der Waals surface area contributed by atoms with Crippen molar-refractivity contribution in [2.45, 2.75) is 120 Å². The van der Waals surface area contributed by atoms with Crippen LogP contribution in [0.1, 0.15) is 114 Å². The van der Waals surface area contributed by atoms with E-state index in [-0.39, 0.29) is 28.3 Å². The molecule has 0 bridgehead atoms. The molecule has 2 nitrogen and oxygen atoms in total. The molecule has 0 saturated heterocycles. The monoisotopic (exact) mass is 466 g/mol. The predicted octanol–water partition coefficient (Wildman–Crippen LogP) is 8.83. The Hall–Kier alpha value is -1.31. The molecule has 34 heavy (non-hydrogen) atoms. The molecule has 0 unspecified atom stereocenters. The molecule has 0 aromatic rings. The van der Waals surface area contributed by atoms with Gasteiger partial charge in [-0.25, -0.2) is 0 Å². The molecule has 2 fully saturated rings. The molecule has 0 N–H and O–H groups in total. The SMILES string of the molecule is CC(=O)O[C@H]1CC[C@]2(C)C3=CC[C@@]4(C)[C@H]([C@@H](C)CCC=C(C)C)CC[C@]4(C)C3=CC[C@H]2C1(C)C. The summed E-state index contributed by atoms with van der Waals surface area (Å²) < 4.78 is 5.85. The van der Waals surface area contributed by atoms with E-state index in [1.807, 2.05) is 0 Å². The third-order valence-electron chi connectivity index (χ3n) is 11.4. The molecule has 0 amide bonds. The number of allylic oxidation sites excluding steroid dienone is 6. The van der Waals surface area contributed by atoms with Gasteiger partial charge in [-0.1, -0.05) is 65.3 Å². The summed E-state index contributed by atoms with van der Waals surface area (Å²) in [5.41, 5.74) is 5.57. The summed E-state index contributed by atoms with van der Waals surface area (Å²) in [7, 11) is 0. The number of ether oxygens (including phenoxy) is 1. The van der Waals surface area contributed by atoms with Crippen LogP contribution in [0.3, 0.4) is 0 Å². The molecule has 2 saturated carbocycles. The van der Waals surface area contributed by atoms with Crippen LogP contribution in [0.15, 0.2) is 34.9 Å². The second kappa shape index (κ2) is 8.67. The van der Waals surface area contributed by atoms with Gasteiger partial charge in [-0.05, 0) is 110 Å². The van der Waals surface area contributed by atoms with E-state index in [0.29, 0.717) is 11.3 Å². The van der Waals surface area contributed by atoms with Gasteiger partial charge >= 0.3 is 5.97 Å². The van der Waals surface area contributed by atoms with Gasteiger partial charge in [0.25, 0.3) is 0 Å². The molecule has 0 aromatic heterocycles. The Bertz CT molecular complexity index is 915. The molecule has 190 valence electrons. The third-order valence-corrected chi connectivity index (χ3v) is 11.4. The maximum Gasteiger partial charge on any atom is 0.302 e. The molecule has 0 aromatic carbocycles.